The standard InChI is InChI=1S/C20H26N2O2/c1-15(2)20(23)22-17-11-7-8-12-19(17)24-18(13-14-21-3)16-9-5-4-6-10-16/h4-12,15,18,21H,13-14H2,1-3H3,(H,22,23). The third-order valence-corrected chi connectivity index (χ3v) is 3.77. The Morgan fingerprint density at radius 1 is 1.04 bits per heavy atom. The molecule has 1 amide bonds. The van der Waals surface area contributed by atoms with E-state index >= 15 is 0 Å². The molecule has 0 aliphatic rings. The Kier molecular flexibility index (Phi) is 6.82. The number of anilines is 1. The first kappa shape index (κ1) is 18.0. The molecule has 0 aromatic heterocycles. The van der Waals surface area contributed by atoms with Gasteiger partial charge in [0.05, 0.1) is 5.69 Å². The van der Waals surface area contributed by atoms with Crippen LogP contribution in [0.3, 0.4) is 0 Å². The van der Waals surface area contributed by atoms with Crippen LogP contribution in [-0.2, 0) is 4.79 Å². The Hall–Kier alpha value is -2.33. The lowest BCUT2D eigenvalue weighted by molar-refractivity contribution is -0.118. The Morgan fingerprint density at radius 3 is 2.38 bits per heavy atom. The molecule has 4 heteroatoms. The van der Waals surface area contributed by atoms with Crippen molar-refractivity contribution in [1.29, 1.82) is 0 Å². The maximum Gasteiger partial charge on any atom is 0.227 e. The highest BCUT2D eigenvalue weighted by atomic mass is 16.5. The van der Waals surface area contributed by atoms with E-state index in [1.807, 2.05) is 63.4 Å². The van der Waals surface area contributed by atoms with E-state index in [1.165, 1.54) is 0 Å². The largest absolute Gasteiger partial charge is 0.484 e. The third-order valence-electron chi connectivity index (χ3n) is 3.77. The van der Waals surface area contributed by atoms with Crippen LogP contribution < -0.4 is 15.4 Å². The van der Waals surface area contributed by atoms with Crippen LogP contribution in [0.25, 0.3) is 0 Å². The number of hydrogen-bond donors (Lipinski definition) is 2. The molecule has 24 heavy (non-hydrogen) atoms. The predicted molar refractivity (Wildman–Crippen MR) is 98.3 cm³/mol. The molecule has 2 aromatic carbocycles. The first-order valence-electron chi connectivity index (χ1n) is 8.38. The van der Waals surface area contributed by atoms with E-state index in [9.17, 15) is 4.79 Å². The zero-order valence-electron chi connectivity index (χ0n) is 14.6. The van der Waals surface area contributed by atoms with Crippen molar-refractivity contribution in [3.63, 3.8) is 0 Å². The lowest BCUT2D eigenvalue weighted by Crippen LogP contribution is -2.20. The van der Waals surface area contributed by atoms with Gasteiger partial charge in [0.1, 0.15) is 11.9 Å². The number of para-hydroxylation sites is 2. The molecule has 1 atom stereocenters. The molecule has 0 fully saturated rings. The number of carbonyl (C=O) groups is 1. The van der Waals surface area contributed by atoms with Crippen molar-refractivity contribution in [3.8, 4) is 5.75 Å². The van der Waals surface area contributed by atoms with Gasteiger partial charge in [-0.25, -0.2) is 0 Å². The maximum atomic E-state index is 12.0. The highest BCUT2D eigenvalue weighted by Gasteiger charge is 2.16. The molecule has 2 N–H and O–H groups in total. The summed E-state index contributed by atoms with van der Waals surface area (Å²) in [5.41, 5.74) is 1.83. The van der Waals surface area contributed by atoms with Gasteiger partial charge < -0.3 is 15.4 Å². The summed E-state index contributed by atoms with van der Waals surface area (Å²) < 4.78 is 6.26. The van der Waals surface area contributed by atoms with E-state index in [4.69, 9.17) is 4.74 Å². The second kappa shape index (κ2) is 9.08. The van der Waals surface area contributed by atoms with Crippen LogP contribution in [0.2, 0.25) is 0 Å². The summed E-state index contributed by atoms with van der Waals surface area (Å²) >= 11 is 0. The summed E-state index contributed by atoms with van der Waals surface area (Å²) in [6.45, 7) is 4.59. The molecule has 4 nitrogen and oxygen atoms in total. The molecule has 0 aliphatic heterocycles. The monoisotopic (exact) mass is 326 g/mol. The number of hydrogen-bond acceptors (Lipinski definition) is 3. The van der Waals surface area contributed by atoms with Gasteiger partial charge in [0.15, 0.2) is 0 Å². The van der Waals surface area contributed by atoms with Crippen molar-refractivity contribution < 1.29 is 9.53 Å². The van der Waals surface area contributed by atoms with Gasteiger partial charge in [-0.3, -0.25) is 4.79 Å². The van der Waals surface area contributed by atoms with E-state index < -0.39 is 0 Å². The summed E-state index contributed by atoms with van der Waals surface area (Å²) in [7, 11) is 1.93. The highest BCUT2D eigenvalue weighted by molar-refractivity contribution is 5.93. The first-order chi connectivity index (χ1) is 11.6. The fourth-order valence-corrected chi connectivity index (χ4v) is 2.34. The van der Waals surface area contributed by atoms with Gasteiger partial charge in [-0.05, 0) is 31.3 Å². The molecule has 0 saturated carbocycles. The Labute approximate surface area is 144 Å². The van der Waals surface area contributed by atoms with E-state index in [0.717, 1.165) is 18.5 Å². The molecule has 0 radical (unpaired) electrons. The van der Waals surface area contributed by atoms with Gasteiger partial charge in [-0.1, -0.05) is 56.3 Å². The van der Waals surface area contributed by atoms with Crippen LogP contribution in [0, 0.1) is 5.92 Å². The second-order valence-electron chi connectivity index (χ2n) is 6.05. The molecule has 0 saturated heterocycles. The zero-order valence-corrected chi connectivity index (χ0v) is 14.6. The number of rotatable bonds is 8. The van der Waals surface area contributed by atoms with Crippen LogP contribution in [0.15, 0.2) is 54.6 Å². The summed E-state index contributed by atoms with van der Waals surface area (Å²) in [4.78, 5) is 12.0. The molecule has 0 spiro atoms. The van der Waals surface area contributed by atoms with Crippen molar-refractivity contribution in [3.05, 3.63) is 60.2 Å². The fourth-order valence-electron chi connectivity index (χ4n) is 2.34. The number of ether oxygens (including phenoxy) is 1. The van der Waals surface area contributed by atoms with Crippen LogP contribution in [0.1, 0.15) is 31.9 Å². The lowest BCUT2D eigenvalue weighted by atomic mass is 10.1. The fraction of sp³-hybridized carbons (Fsp3) is 0.350. The van der Waals surface area contributed by atoms with Crippen molar-refractivity contribution in [2.45, 2.75) is 26.4 Å². The maximum absolute atomic E-state index is 12.0. The Balaban J connectivity index is 2.21. The second-order valence-corrected chi connectivity index (χ2v) is 6.05. The van der Waals surface area contributed by atoms with E-state index in [0.29, 0.717) is 11.4 Å². The van der Waals surface area contributed by atoms with E-state index in [2.05, 4.69) is 22.8 Å². The van der Waals surface area contributed by atoms with Crippen molar-refractivity contribution in [1.82, 2.24) is 5.32 Å². The van der Waals surface area contributed by atoms with Gasteiger partial charge >= 0.3 is 0 Å². The molecule has 0 aliphatic carbocycles. The predicted octanol–water partition coefficient (Wildman–Crippen LogP) is 4.01. The molecule has 1 unspecified atom stereocenters. The van der Waals surface area contributed by atoms with Crippen molar-refractivity contribution in [2.24, 2.45) is 5.92 Å². The number of nitrogens with one attached hydrogen (secondary N) is 2. The van der Waals surface area contributed by atoms with Gasteiger partial charge in [-0.15, -0.1) is 0 Å². The molecular weight excluding hydrogens is 300 g/mol. The van der Waals surface area contributed by atoms with Crippen LogP contribution in [0.4, 0.5) is 5.69 Å². The third kappa shape index (κ3) is 5.10. The van der Waals surface area contributed by atoms with E-state index in [1.54, 1.807) is 0 Å². The summed E-state index contributed by atoms with van der Waals surface area (Å²) in [5, 5.41) is 6.11. The molecule has 0 heterocycles. The average molecular weight is 326 g/mol. The summed E-state index contributed by atoms with van der Waals surface area (Å²) in [6, 6.07) is 17.7. The normalized spacial score (nSPS) is 12.0. The topological polar surface area (TPSA) is 50.4 Å². The Morgan fingerprint density at radius 2 is 1.71 bits per heavy atom. The summed E-state index contributed by atoms with van der Waals surface area (Å²) in [6.07, 6.45) is 0.767. The van der Waals surface area contributed by atoms with Gasteiger partial charge in [0.2, 0.25) is 5.91 Å². The summed E-state index contributed by atoms with van der Waals surface area (Å²) in [5.74, 6) is 0.598. The lowest BCUT2D eigenvalue weighted by Gasteiger charge is -2.22. The van der Waals surface area contributed by atoms with Gasteiger partial charge in [0, 0.05) is 12.3 Å². The zero-order chi connectivity index (χ0) is 17.4. The van der Waals surface area contributed by atoms with Gasteiger partial charge in [-0.2, -0.15) is 0 Å². The minimum absolute atomic E-state index is 0.0162. The van der Waals surface area contributed by atoms with Crippen LogP contribution >= 0.6 is 0 Å². The minimum Gasteiger partial charge on any atom is -0.484 e. The molecule has 0 bridgehead atoms. The quantitative estimate of drug-likeness (QED) is 0.770. The average Bonchev–Trinajstić information content (AvgIpc) is 2.60. The molecule has 2 aromatic rings. The minimum atomic E-state index is -0.0766. The van der Waals surface area contributed by atoms with E-state index in [-0.39, 0.29) is 17.9 Å². The molecule has 128 valence electrons. The molecule has 2 rings (SSSR count). The highest BCUT2D eigenvalue weighted by Crippen LogP contribution is 2.31. The number of amides is 1. The van der Waals surface area contributed by atoms with Crippen molar-refractivity contribution in [2.75, 3.05) is 18.9 Å². The molecular formula is C20H26N2O2. The van der Waals surface area contributed by atoms with Crippen LogP contribution in [0.5, 0.6) is 5.75 Å². The van der Waals surface area contributed by atoms with Gasteiger partial charge in [0.25, 0.3) is 0 Å². The van der Waals surface area contributed by atoms with Crippen LogP contribution in [-0.4, -0.2) is 19.5 Å². The number of benzene rings is 2. The number of carbonyl (C=O) groups excluding carboxylic acids is 1. The Bertz CT molecular complexity index is 641. The smallest absolute Gasteiger partial charge is 0.227 e. The van der Waals surface area contributed by atoms with Crippen molar-refractivity contribution >= 4 is 11.6 Å². The first-order valence-corrected chi connectivity index (χ1v) is 8.38. The SMILES string of the molecule is CNCCC(Oc1ccccc1NC(=O)C(C)C)c1ccccc1.